The van der Waals surface area contributed by atoms with Crippen molar-refractivity contribution in [2.45, 2.75) is 12.6 Å². The van der Waals surface area contributed by atoms with Crippen LogP contribution in [0.25, 0.3) is 0 Å². The Morgan fingerprint density at radius 2 is 1.23 bits per heavy atom. The molecule has 3 N–H and O–H groups in total. The molecule has 0 radical (unpaired) electrons. The fourth-order valence-electron chi connectivity index (χ4n) is 4.60. The van der Waals surface area contributed by atoms with E-state index in [-0.39, 0.29) is 19.7 Å². The summed E-state index contributed by atoms with van der Waals surface area (Å²) in [4.78, 5) is 50.9. The van der Waals surface area contributed by atoms with Crippen molar-refractivity contribution in [2.24, 2.45) is 0 Å². The van der Waals surface area contributed by atoms with Gasteiger partial charge in [0.15, 0.2) is 17.6 Å². The van der Waals surface area contributed by atoms with Crippen molar-refractivity contribution in [3.05, 3.63) is 119 Å². The summed E-state index contributed by atoms with van der Waals surface area (Å²) in [5, 5.41) is 28.9. The molecule has 1 atom stereocenters. The molecular formula is C32H25NO10. The van der Waals surface area contributed by atoms with E-state index >= 15 is 0 Å². The zero-order valence-electron chi connectivity index (χ0n) is 22.5. The van der Waals surface area contributed by atoms with Gasteiger partial charge >= 0.3 is 17.9 Å². The number of carbonyl (C=O) groups excluding carboxylic acids is 1. The summed E-state index contributed by atoms with van der Waals surface area (Å²) >= 11 is 0. The zero-order valence-corrected chi connectivity index (χ0v) is 22.5. The Hall–Kier alpha value is -5.84. The van der Waals surface area contributed by atoms with Gasteiger partial charge in [-0.2, -0.15) is 0 Å². The van der Waals surface area contributed by atoms with Crippen LogP contribution in [0.3, 0.4) is 0 Å². The van der Waals surface area contributed by atoms with Crippen LogP contribution in [0.4, 0.5) is 0 Å². The molecule has 11 nitrogen and oxygen atoms in total. The topological polar surface area (TPSA) is 160 Å². The summed E-state index contributed by atoms with van der Waals surface area (Å²) in [6.45, 7) is 0.0143. The lowest BCUT2D eigenvalue weighted by Crippen LogP contribution is -2.43. The Kier molecular flexibility index (Phi) is 8.24. The molecule has 4 aromatic carbocycles. The van der Waals surface area contributed by atoms with Crippen molar-refractivity contribution >= 4 is 23.8 Å². The van der Waals surface area contributed by atoms with E-state index in [1.54, 1.807) is 60.7 Å². The van der Waals surface area contributed by atoms with Crippen molar-refractivity contribution in [1.82, 2.24) is 4.90 Å². The molecule has 43 heavy (non-hydrogen) atoms. The quantitative estimate of drug-likeness (QED) is 0.230. The molecule has 1 unspecified atom stereocenters. The average molecular weight is 584 g/mol. The molecule has 1 amide bonds. The van der Waals surface area contributed by atoms with Crippen LogP contribution >= 0.6 is 0 Å². The lowest BCUT2D eigenvalue weighted by molar-refractivity contribution is 0.0440. The number of amides is 1. The van der Waals surface area contributed by atoms with Crippen LogP contribution in [0.15, 0.2) is 91.0 Å². The van der Waals surface area contributed by atoms with Crippen LogP contribution < -0.4 is 14.2 Å². The van der Waals surface area contributed by atoms with Gasteiger partial charge in [0.05, 0.1) is 28.8 Å². The summed E-state index contributed by atoms with van der Waals surface area (Å²) in [5.74, 6) is -3.48. The molecule has 218 valence electrons. The first-order chi connectivity index (χ1) is 20.7. The first-order valence-corrected chi connectivity index (χ1v) is 13.1. The van der Waals surface area contributed by atoms with Crippen molar-refractivity contribution in [2.75, 3.05) is 13.2 Å². The number of ether oxygens (including phenoxy) is 3. The fraction of sp³-hybridized carbons (Fsp3) is 0.125. The maximum absolute atomic E-state index is 14.0. The van der Waals surface area contributed by atoms with Gasteiger partial charge in [0.25, 0.3) is 5.91 Å². The number of nitrogens with zero attached hydrogens (tertiary/aromatic N) is 1. The maximum atomic E-state index is 14.0. The molecule has 1 heterocycles. The Morgan fingerprint density at radius 3 is 1.86 bits per heavy atom. The summed E-state index contributed by atoms with van der Waals surface area (Å²) in [7, 11) is 0. The molecule has 0 saturated carbocycles. The zero-order chi connectivity index (χ0) is 30.5. The molecular weight excluding hydrogens is 558 g/mol. The van der Waals surface area contributed by atoms with Gasteiger partial charge in [0.1, 0.15) is 18.1 Å². The Balaban J connectivity index is 1.47. The van der Waals surface area contributed by atoms with E-state index in [9.17, 15) is 34.5 Å². The minimum atomic E-state index is -1.64. The van der Waals surface area contributed by atoms with Crippen LogP contribution in [-0.2, 0) is 6.54 Å². The predicted molar refractivity (Wildman–Crippen MR) is 151 cm³/mol. The molecule has 0 bridgehead atoms. The first-order valence-electron chi connectivity index (χ1n) is 13.1. The number of hydrogen-bond acceptors (Lipinski definition) is 7. The lowest BCUT2D eigenvalue weighted by Gasteiger charge is -2.32. The number of hydrogen-bond donors (Lipinski definition) is 3. The molecule has 0 aliphatic carbocycles. The third-order valence-corrected chi connectivity index (χ3v) is 6.63. The van der Waals surface area contributed by atoms with Gasteiger partial charge in [-0.25, -0.2) is 14.4 Å². The van der Waals surface area contributed by atoms with Crippen molar-refractivity contribution in [3.8, 4) is 23.0 Å². The fourth-order valence-corrected chi connectivity index (χ4v) is 4.60. The molecule has 0 saturated heterocycles. The highest BCUT2D eigenvalue weighted by molar-refractivity contribution is 6.10. The van der Waals surface area contributed by atoms with E-state index < -0.39 is 52.2 Å². The van der Waals surface area contributed by atoms with Gasteiger partial charge in [-0.3, -0.25) is 4.79 Å². The highest BCUT2D eigenvalue weighted by atomic mass is 16.6. The standard InChI is InChI=1S/C32H25NO10/c34-29(23-14-25(31(37)38)26(32(39)40)15-24(23)30(35)36)33(17-22-18-41-27-8-4-5-9-28(27)43-22)16-19-10-12-21(13-11-19)42-20-6-2-1-3-7-20/h1-15,22H,16-18H2,(H,35,36)(H,37,38)(H,39,40). The van der Waals surface area contributed by atoms with Gasteiger partial charge in [-0.15, -0.1) is 0 Å². The first kappa shape index (κ1) is 28.7. The third-order valence-electron chi connectivity index (χ3n) is 6.63. The summed E-state index contributed by atoms with van der Waals surface area (Å²) in [6, 6.07) is 24.5. The van der Waals surface area contributed by atoms with Crippen molar-refractivity contribution < 1.29 is 48.7 Å². The van der Waals surface area contributed by atoms with Crippen LogP contribution in [0.1, 0.15) is 47.0 Å². The molecule has 5 rings (SSSR count). The van der Waals surface area contributed by atoms with Gasteiger partial charge in [0, 0.05) is 6.54 Å². The molecule has 0 spiro atoms. The van der Waals surface area contributed by atoms with Crippen molar-refractivity contribution in [3.63, 3.8) is 0 Å². The highest BCUT2D eigenvalue weighted by Gasteiger charge is 2.31. The molecule has 0 fully saturated rings. The number of benzene rings is 4. The van der Waals surface area contributed by atoms with Gasteiger partial charge in [-0.05, 0) is 54.1 Å². The van der Waals surface area contributed by atoms with Crippen LogP contribution in [0.2, 0.25) is 0 Å². The number of carbonyl (C=O) groups is 4. The van der Waals surface area contributed by atoms with Crippen LogP contribution in [0, 0.1) is 0 Å². The molecule has 1 aliphatic rings. The van der Waals surface area contributed by atoms with E-state index in [2.05, 4.69) is 0 Å². The smallest absolute Gasteiger partial charge is 0.336 e. The van der Waals surface area contributed by atoms with E-state index in [0.717, 1.165) is 6.07 Å². The van der Waals surface area contributed by atoms with Gasteiger partial charge < -0.3 is 34.4 Å². The molecule has 0 aromatic heterocycles. The third kappa shape index (κ3) is 6.57. The monoisotopic (exact) mass is 583 g/mol. The Labute approximate surface area is 245 Å². The number of para-hydroxylation sites is 3. The second-order valence-corrected chi connectivity index (χ2v) is 9.60. The molecule has 4 aromatic rings. The van der Waals surface area contributed by atoms with E-state index in [1.807, 2.05) is 18.2 Å². The summed E-state index contributed by atoms with van der Waals surface area (Å²) in [5.41, 5.74) is -1.92. The van der Waals surface area contributed by atoms with Crippen LogP contribution in [0.5, 0.6) is 23.0 Å². The number of aromatic carboxylic acids is 3. The minimum Gasteiger partial charge on any atom is -0.486 e. The number of carboxylic acids is 3. The molecule has 11 heteroatoms. The number of fused-ring (bicyclic) bond motifs is 1. The predicted octanol–water partition coefficient (Wildman–Crippen LogP) is 5.06. The minimum absolute atomic E-state index is 0.0197. The second kappa shape index (κ2) is 12.4. The summed E-state index contributed by atoms with van der Waals surface area (Å²) < 4.78 is 17.6. The van der Waals surface area contributed by atoms with Crippen LogP contribution in [-0.4, -0.2) is 63.3 Å². The van der Waals surface area contributed by atoms with Crippen molar-refractivity contribution in [1.29, 1.82) is 0 Å². The Morgan fingerprint density at radius 1 is 0.698 bits per heavy atom. The van der Waals surface area contributed by atoms with Gasteiger partial charge in [0.2, 0.25) is 0 Å². The SMILES string of the molecule is O=C(O)c1cc(C(=O)O)c(C(=O)N(Cc2ccc(Oc3ccccc3)cc2)CC2COc3ccccc3O2)cc1C(=O)O. The van der Waals surface area contributed by atoms with E-state index in [1.165, 1.54) is 4.90 Å². The number of rotatable bonds is 10. The molecule has 1 aliphatic heterocycles. The highest BCUT2D eigenvalue weighted by Crippen LogP contribution is 2.32. The second-order valence-electron chi connectivity index (χ2n) is 9.60. The van der Waals surface area contributed by atoms with E-state index in [4.69, 9.17) is 14.2 Å². The van der Waals surface area contributed by atoms with Gasteiger partial charge in [-0.1, -0.05) is 42.5 Å². The lowest BCUT2D eigenvalue weighted by atomic mass is 9.97. The van der Waals surface area contributed by atoms with E-state index in [0.29, 0.717) is 34.6 Å². The normalized spacial score (nSPS) is 13.5. The number of carboxylic acid groups (broad SMARTS) is 3. The maximum Gasteiger partial charge on any atom is 0.336 e. The average Bonchev–Trinajstić information content (AvgIpc) is 3.01. The summed E-state index contributed by atoms with van der Waals surface area (Å²) in [6.07, 6.45) is -0.648. The Bertz CT molecular complexity index is 1680. The largest absolute Gasteiger partial charge is 0.486 e.